The van der Waals surface area contributed by atoms with Crippen molar-refractivity contribution in [2.45, 2.75) is 0 Å². The molecular weight excluding hydrogens is 553 g/mol. The standard InChI is InChI=1S/C46H30/c1-2-13-31(14-3-1)32-25-27-34(28-26-32)36-29-30-44(38-19-7-6-18-37(36)38)46-42-22-10-8-20-40(42)45(41-21-9-11-23-43(41)46)39-24-12-16-33-15-4-5-17-35(33)39/h1-30H/i4D,5D,12D,15D,16D,17D,24D. The monoisotopic (exact) mass is 589 g/mol. The van der Waals surface area contributed by atoms with E-state index in [2.05, 4.69) is 72.8 Å². The second-order valence-electron chi connectivity index (χ2n) is 11.5. The van der Waals surface area contributed by atoms with Crippen LogP contribution < -0.4 is 0 Å². The quantitative estimate of drug-likeness (QED) is 0.179. The third kappa shape index (κ3) is 4.23. The molecular formula is C46H30. The molecule has 0 spiro atoms. The zero-order valence-electron chi connectivity index (χ0n) is 31.8. The van der Waals surface area contributed by atoms with Crippen LogP contribution in [0.15, 0.2) is 182 Å². The van der Waals surface area contributed by atoms with Crippen LogP contribution in [0, 0.1) is 0 Å². The lowest BCUT2D eigenvalue weighted by Crippen LogP contribution is -1.93. The molecule has 46 heavy (non-hydrogen) atoms. The molecule has 214 valence electrons. The van der Waals surface area contributed by atoms with Gasteiger partial charge in [-0.3, -0.25) is 0 Å². The fourth-order valence-electron chi connectivity index (χ4n) is 6.93. The van der Waals surface area contributed by atoms with E-state index < -0.39 is 12.1 Å². The van der Waals surface area contributed by atoms with Gasteiger partial charge >= 0.3 is 0 Å². The molecule has 0 amide bonds. The van der Waals surface area contributed by atoms with Crippen molar-refractivity contribution in [2.75, 3.05) is 0 Å². The van der Waals surface area contributed by atoms with Crippen LogP contribution in [0.5, 0.6) is 0 Å². The highest BCUT2D eigenvalue weighted by atomic mass is 14.2. The first-order valence-electron chi connectivity index (χ1n) is 18.9. The third-order valence-electron chi connectivity index (χ3n) is 8.99. The van der Waals surface area contributed by atoms with Crippen molar-refractivity contribution in [1.29, 1.82) is 0 Å². The van der Waals surface area contributed by atoms with Crippen LogP contribution in [-0.4, -0.2) is 0 Å². The van der Waals surface area contributed by atoms with E-state index in [1.54, 1.807) is 0 Å². The third-order valence-corrected chi connectivity index (χ3v) is 8.99. The molecule has 0 aliphatic heterocycles. The largest absolute Gasteiger partial charge is 0.0629 e. The average molecular weight is 590 g/mol. The maximum atomic E-state index is 9.23. The summed E-state index contributed by atoms with van der Waals surface area (Å²) in [6.45, 7) is 0. The van der Waals surface area contributed by atoms with Gasteiger partial charge in [0.2, 0.25) is 0 Å². The molecule has 0 saturated carbocycles. The van der Waals surface area contributed by atoms with Crippen molar-refractivity contribution >= 4 is 43.1 Å². The van der Waals surface area contributed by atoms with Crippen LogP contribution in [0.4, 0.5) is 0 Å². The Labute approximate surface area is 278 Å². The molecule has 0 unspecified atom stereocenters. The van der Waals surface area contributed by atoms with E-state index in [0.29, 0.717) is 5.56 Å². The first kappa shape index (κ1) is 20.1. The molecule has 0 heteroatoms. The zero-order valence-corrected chi connectivity index (χ0v) is 24.8. The Morgan fingerprint density at radius 3 is 1.39 bits per heavy atom. The maximum absolute atomic E-state index is 9.23. The number of rotatable bonds is 4. The summed E-state index contributed by atoms with van der Waals surface area (Å²) in [4.78, 5) is 0. The second kappa shape index (κ2) is 10.9. The van der Waals surface area contributed by atoms with Crippen molar-refractivity contribution in [3.63, 3.8) is 0 Å². The Kier molecular flexibility index (Phi) is 4.76. The lowest BCUT2D eigenvalue weighted by Gasteiger charge is -2.20. The van der Waals surface area contributed by atoms with Gasteiger partial charge < -0.3 is 0 Å². The summed E-state index contributed by atoms with van der Waals surface area (Å²) < 4.78 is 61.3. The molecule has 0 radical (unpaired) electrons. The zero-order chi connectivity index (χ0) is 36.5. The summed E-state index contributed by atoms with van der Waals surface area (Å²) in [5.41, 5.74) is 7.42. The molecule has 0 bridgehead atoms. The summed E-state index contributed by atoms with van der Waals surface area (Å²) in [6, 6.07) is 45.0. The van der Waals surface area contributed by atoms with Crippen LogP contribution >= 0.6 is 0 Å². The van der Waals surface area contributed by atoms with Gasteiger partial charge in [0.15, 0.2) is 0 Å². The summed E-state index contributed by atoms with van der Waals surface area (Å²) in [7, 11) is 0. The summed E-state index contributed by atoms with van der Waals surface area (Å²) >= 11 is 0. The lowest BCUT2D eigenvalue weighted by molar-refractivity contribution is 1.60. The van der Waals surface area contributed by atoms with Gasteiger partial charge in [-0.2, -0.15) is 0 Å². The van der Waals surface area contributed by atoms with E-state index in [1.165, 1.54) is 5.56 Å². The fraction of sp³-hybridized carbons (Fsp3) is 0. The Hall–Kier alpha value is -5.98. The molecule has 0 heterocycles. The van der Waals surface area contributed by atoms with Crippen molar-refractivity contribution < 1.29 is 9.60 Å². The highest BCUT2D eigenvalue weighted by Crippen LogP contribution is 2.47. The van der Waals surface area contributed by atoms with Crippen LogP contribution in [0.25, 0.3) is 87.6 Å². The normalized spacial score (nSPS) is 13.6. The predicted octanol–water partition coefficient (Wildman–Crippen LogP) is 13.0. The average Bonchev–Trinajstić information content (AvgIpc) is 3.21. The van der Waals surface area contributed by atoms with Gasteiger partial charge in [0.25, 0.3) is 0 Å². The number of hydrogen-bond donors (Lipinski definition) is 0. The Morgan fingerprint density at radius 2 is 0.739 bits per heavy atom. The van der Waals surface area contributed by atoms with Crippen LogP contribution in [0.1, 0.15) is 9.60 Å². The first-order valence-corrected chi connectivity index (χ1v) is 15.4. The smallest absolute Gasteiger partial charge is 0.0622 e. The minimum atomic E-state index is -0.466. The summed E-state index contributed by atoms with van der Waals surface area (Å²) in [5.74, 6) is 0. The van der Waals surface area contributed by atoms with Crippen molar-refractivity contribution in [2.24, 2.45) is 0 Å². The van der Waals surface area contributed by atoms with Crippen molar-refractivity contribution in [3.8, 4) is 44.5 Å². The van der Waals surface area contributed by atoms with Crippen molar-refractivity contribution in [1.82, 2.24) is 0 Å². The fourth-order valence-corrected chi connectivity index (χ4v) is 6.93. The van der Waals surface area contributed by atoms with Gasteiger partial charge in [-0.05, 0) is 87.6 Å². The number of hydrogen-bond acceptors (Lipinski definition) is 0. The van der Waals surface area contributed by atoms with Gasteiger partial charge in [0.05, 0.1) is 9.60 Å². The molecule has 0 aliphatic carbocycles. The SMILES string of the molecule is [2H]c1c([2H])c([2H])c2c(-c3c4ccccc4c(-c4ccc(-c5ccc(-c6ccccc6)cc5)c5ccccc45)c4ccccc34)c([2H])c([2H])c([2H])c2c1[2H]. The topological polar surface area (TPSA) is 0 Å². The number of benzene rings is 9. The summed E-state index contributed by atoms with van der Waals surface area (Å²) in [5, 5.41) is 5.58. The van der Waals surface area contributed by atoms with Gasteiger partial charge in [0, 0.05) is 0 Å². The van der Waals surface area contributed by atoms with Gasteiger partial charge in [-0.25, -0.2) is 0 Å². The van der Waals surface area contributed by atoms with Crippen LogP contribution in [0.3, 0.4) is 0 Å². The van der Waals surface area contributed by atoms with E-state index in [0.717, 1.165) is 60.1 Å². The maximum Gasteiger partial charge on any atom is 0.0629 e. The predicted molar refractivity (Wildman–Crippen MR) is 198 cm³/mol. The van der Waals surface area contributed by atoms with Gasteiger partial charge in [0.1, 0.15) is 0 Å². The van der Waals surface area contributed by atoms with E-state index >= 15 is 0 Å². The van der Waals surface area contributed by atoms with Crippen LogP contribution in [-0.2, 0) is 0 Å². The minimum absolute atomic E-state index is 0.0531. The molecule has 0 atom stereocenters. The number of fused-ring (bicyclic) bond motifs is 4. The first-order chi connectivity index (χ1) is 25.8. The highest BCUT2D eigenvalue weighted by molar-refractivity contribution is 6.25. The highest BCUT2D eigenvalue weighted by Gasteiger charge is 2.19. The Balaban J connectivity index is 1.35. The summed E-state index contributed by atoms with van der Waals surface area (Å²) in [6.07, 6.45) is 0. The van der Waals surface area contributed by atoms with Crippen LogP contribution in [0.2, 0.25) is 0 Å². The Bertz CT molecular complexity index is 2890. The minimum Gasteiger partial charge on any atom is -0.0622 e. The van der Waals surface area contributed by atoms with E-state index in [4.69, 9.17) is 8.22 Å². The van der Waals surface area contributed by atoms with Gasteiger partial charge in [-0.1, -0.05) is 182 Å². The van der Waals surface area contributed by atoms with E-state index in [1.807, 2.05) is 66.7 Å². The molecule has 0 fully saturated rings. The van der Waals surface area contributed by atoms with E-state index in [9.17, 15) is 1.37 Å². The molecule has 0 nitrogen and oxygen atoms in total. The second-order valence-corrected chi connectivity index (χ2v) is 11.5. The lowest BCUT2D eigenvalue weighted by atomic mass is 9.83. The molecule has 0 N–H and O–H groups in total. The molecule has 0 saturated heterocycles. The Morgan fingerprint density at radius 1 is 0.283 bits per heavy atom. The van der Waals surface area contributed by atoms with Crippen molar-refractivity contribution in [3.05, 3.63) is 182 Å². The van der Waals surface area contributed by atoms with E-state index in [-0.39, 0.29) is 46.5 Å². The van der Waals surface area contributed by atoms with Gasteiger partial charge in [-0.15, -0.1) is 0 Å². The molecule has 9 aromatic rings. The molecule has 9 aromatic carbocycles. The molecule has 0 aromatic heterocycles. The molecule has 9 rings (SSSR count). The molecule has 0 aliphatic rings.